The van der Waals surface area contributed by atoms with Gasteiger partial charge in [-0.3, -0.25) is 14.6 Å². The summed E-state index contributed by atoms with van der Waals surface area (Å²) in [5.41, 5.74) is 5.25. The van der Waals surface area contributed by atoms with E-state index in [0.29, 0.717) is 0 Å². The van der Waals surface area contributed by atoms with E-state index in [1.54, 1.807) is 0 Å². The van der Waals surface area contributed by atoms with E-state index in [1.807, 2.05) is 0 Å². The Kier molecular flexibility index (Phi) is 7.82. The number of morpholine rings is 1. The molecule has 0 aliphatic carbocycles. The summed E-state index contributed by atoms with van der Waals surface area (Å²) < 4.78 is 7.86. The molecule has 35 heavy (non-hydrogen) atoms. The maximum atomic E-state index is 12.7. The first-order valence-corrected chi connectivity index (χ1v) is 13.1. The number of nitrogens with zero attached hydrogens (tertiary/aromatic N) is 3. The highest BCUT2D eigenvalue weighted by Crippen LogP contribution is 2.25. The van der Waals surface area contributed by atoms with E-state index in [1.165, 1.54) is 27.7 Å². The molecule has 1 aromatic heterocycles. The van der Waals surface area contributed by atoms with Crippen LogP contribution in [0.5, 0.6) is 0 Å². The Morgan fingerprint density at radius 3 is 2.46 bits per heavy atom. The molecule has 6 heteroatoms. The van der Waals surface area contributed by atoms with Gasteiger partial charge in [-0.15, -0.1) is 0 Å². The fraction of sp³-hybridized carbons (Fsp3) is 0.483. The first-order chi connectivity index (χ1) is 17.2. The van der Waals surface area contributed by atoms with Gasteiger partial charge in [-0.25, -0.2) is 0 Å². The number of carbonyl (C=O) groups is 1. The summed E-state index contributed by atoms with van der Waals surface area (Å²) >= 11 is 0. The van der Waals surface area contributed by atoms with Gasteiger partial charge in [0.25, 0.3) is 0 Å². The van der Waals surface area contributed by atoms with Crippen LogP contribution in [-0.4, -0.2) is 72.8 Å². The smallest absolute Gasteiger partial charge is 0.223 e. The van der Waals surface area contributed by atoms with E-state index in [-0.39, 0.29) is 11.8 Å². The van der Waals surface area contributed by atoms with Crippen LogP contribution in [0.3, 0.4) is 0 Å². The number of nitrogens with one attached hydrogen (secondary N) is 1. The molecule has 0 saturated carbocycles. The number of para-hydroxylation sites is 1. The maximum absolute atomic E-state index is 12.7. The van der Waals surface area contributed by atoms with Gasteiger partial charge in [0.2, 0.25) is 5.91 Å². The van der Waals surface area contributed by atoms with Crippen LogP contribution in [0.15, 0.2) is 54.6 Å². The lowest BCUT2D eigenvalue weighted by atomic mass is 9.96. The monoisotopic (exact) mass is 474 g/mol. The first kappa shape index (κ1) is 24.0. The average Bonchev–Trinajstić information content (AvgIpc) is 3.23. The summed E-state index contributed by atoms with van der Waals surface area (Å²) in [5.74, 6) is 0.362. The summed E-state index contributed by atoms with van der Waals surface area (Å²) in [6.07, 6.45) is 1.86. The van der Waals surface area contributed by atoms with Crippen molar-refractivity contribution in [1.29, 1.82) is 0 Å². The molecular formula is C29H38N4O2. The number of aromatic nitrogens is 1. The van der Waals surface area contributed by atoms with Gasteiger partial charge in [0.15, 0.2) is 0 Å². The molecule has 1 N–H and O–H groups in total. The van der Waals surface area contributed by atoms with Gasteiger partial charge in [-0.1, -0.05) is 48.0 Å². The second-order valence-electron chi connectivity index (χ2n) is 10.1. The van der Waals surface area contributed by atoms with Gasteiger partial charge in [0, 0.05) is 56.4 Å². The van der Waals surface area contributed by atoms with E-state index in [4.69, 9.17) is 4.74 Å². The molecule has 6 nitrogen and oxygen atoms in total. The average molecular weight is 475 g/mol. The highest BCUT2D eigenvalue weighted by Gasteiger charge is 2.25. The second kappa shape index (κ2) is 11.4. The SMILES string of the molecule is Cc1ccc(Cn2c(CN3CCC(C(=O)NCCN4CCOCC4)CC3)cc3ccccc32)cc1. The molecule has 2 aliphatic rings. The second-order valence-corrected chi connectivity index (χ2v) is 10.1. The molecule has 2 aliphatic heterocycles. The zero-order valence-corrected chi connectivity index (χ0v) is 20.9. The summed E-state index contributed by atoms with van der Waals surface area (Å²) in [6, 6.07) is 19.9. The Hall–Kier alpha value is -2.67. The maximum Gasteiger partial charge on any atom is 0.223 e. The van der Waals surface area contributed by atoms with Gasteiger partial charge in [0.05, 0.1) is 13.2 Å². The molecule has 2 saturated heterocycles. The number of piperidine rings is 1. The standard InChI is InChI=1S/C29H38N4O2/c1-23-6-8-24(9-7-23)21-33-27(20-26-4-2-3-5-28(26)33)22-32-13-10-25(11-14-32)29(34)30-12-15-31-16-18-35-19-17-31/h2-9,20,25H,10-19,21-22H2,1H3,(H,30,34). The number of amides is 1. The van der Waals surface area contributed by atoms with Crippen LogP contribution < -0.4 is 5.32 Å². The number of hydrogen-bond donors (Lipinski definition) is 1. The zero-order chi connectivity index (χ0) is 24.0. The van der Waals surface area contributed by atoms with Crippen molar-refractivity contribution >= 4 is 16.8 Å². The van der Waals surface area contributed by atoms with Gasteiger partial charge < -0.3 is 14.6 Å². The van der Waals surface area contributed by atoms with Crippen molar-refractivity contribution in [2.24, 2.45) is 5.92 Å². The molecule has 0 spiro atoms. The van der Waals surface area contributed by atoms with Gasteiger partial charge in [-0.05, 0) is 55.9 Å². The lowest BCUT2D eigenvalue weighted by Gasteiger charge is -2.32. The first-order valence-electron chi connectivity index (χ1n) is 13.1. The van der Waals surface area contributed by atoms with Crippen LogP contribution >= 0.6 is 0 Å². The third kappa shape index (κ3) is 6.13. The number of fused-ring (bicyclic) bond motifs is 1. The number of carbonyl (C=O) groups excluding carboxylic acids is 1. The Balaban J connectivity index is 1.16. The van der Waals surface area contributed by atoms with Crippen molar-refractivity contribution in [1.82, 2.24) is 19.7 Å². The topological polar surface area (TPSA) is 49.7 Å². The minimum absolute atomic E-state index is 0.134. The van der Waals surface area contributed by atoms with E-state index >= 15 is 0 Å². The number of ether oxygens (including phenoxy) is 1. The Morgan fingerprint density at radius 2 is 1.69 bits per heavy atom. The molecule has 0 radical (unpaired) electrons. The zero-order valence-electron chi connectivity index (χ0n) is 20.9. The van der Waals surface area contributed by atoms with Crippen molar-refractivity contribution in [2.45, 2.75) is 32.9 Å². The van der Waals surface area contributed by atoms with Gasteiger partial charge in [-0.2, -0.15) is 0 Å². The molecule has 2 aromatic carbocycles. The van der Waals surface area contributed by atoms with E-state index < -0.39 is 0 Å². The highest BCUT2D eigenvalue weighted by atomic mass is 16.5. The van der Waals surface area contributed by atoms with Gasteiger partial charge in [0.1, 0.15) is 0 Å². The normalized spacial score (nSPS) is 18.2. The molecule has 0 unspecified atom stereocenters. The van der Waals surface area contributed by atoms with Crippen LogP contribution in [0, 0.1) is 12.8 Å². The van der Waals surface area contributed by atoms with Crippen LogP contribution in [-0.2, 0) is 22.6 Å². The Bertz CT molecular complexity index is 1110. The van der Waals surface area contributed by atoms with Crippen molar-refractivity contribution < 1.29 is 9.53 Å². The van der Waals surface area contributed by atoms with E-state index in [0.717, 1.165) is 78.4 Å². The molecule has 1 amide bonds. The predicted molar refractivity (Wildman–Crippen MR) is 140 cm³/mol. The minimum atomic E-state index is 0.134. The molecule has 186 valence electrons. The van der Waals surface area contributed by atoms with Crippen molar-refractivity contribution in [3.63, 3.8) is 0 Å². The summed E-state index contributed by atoms with van der Waals surface area (Å²) in [4.78, 5) is 17.6. The van der Waals surface area contributed by atoms with Crippen LogP contribution in [0.25, 0.3) is 10.9 Å². The molecule has 2 fully saturated rings. The third-order valence-electron chi connectivity index (χ3n) is 7.53. The fourth-order valence-corrected chi connectivity index (χ4v) is 5.35. The van der Waals surface area contributed by atoms with Crippen LogP contribution in [0.2, 0.25) is 0 Å². The molecule has 5 rings (SSSR count). The fourth-order valence-electron chi connectivity index (χ4n) is 5.35. The minimum Gasteiger partial charge on any atom is -0.379 e. The Morgan fingerprint density at radius 1 is 0.943 bits per heavy atom. The lowest BCUT2D eigenvalue weighted by Crippen LogP contribution is -2.44. The van der Waals surface area contributed by atoms with Crippen molar-refractivity contribution in [3.05, 3.63) is 71.4 Å². The van der Waals surface area contributed by atoms with Crippen molar-refractivity contribution in [2.75, 3.05) is 52.5 Å². The summed E-state index contributed by atoms with van der Waals surface area (Å²) in [6.45, 7) is 11.1. The number of benzene rings is 2. The molecule has 3 heterocycles. The largest absolute Gasteiger partial charge is 0.379 e. The number of rotatable bonds is 8. The van der Waals surface area contributed by atoms with Gasteiger partial charge >= 0.3 is 0 Å². The molecular weight excluding hydrogens is 436 g/mol. The number of likely N-dealkylation sites (tertiary alicyclic amines) is 1. The third-order valence-corrected chi connectivity index (χ3v) is 7.53. The van der Waals surface area contributed by atoms with E-state index in [9.17, 15) is 4.79 Å². The van der Waals surface area contributed by atoms with Crippen molar-refractivity contribution in [3.8, 4) is 0 Å². The predicted octanol–water partition coefficient (Wildman–Crippen LogP) is 3.66. The van der Waals surface area contributed by atoms with E-state index in [2.05, 4.69) is 81.2 Å². The number of aryl methyl sites for hydroxylation is 1. The molecule has 0 bridgehead atoms. The van der Waals surface area contributed by atoms with Crippen LogP contribution in [0.1, 0.15) is 29.7 Å². The van der Waals surface area contributed by atoms with Crippen LogP contribution in [0.4, 0.5) is 0 Å². The Labute approximate surface area is 208 Å². The molecule has 3 aromatic rings. The summed E-state index contributed by atoms with van der Waals surface area (Å²) in [7, 11) is 0. The highest BCUT2D eigenvalue weighted by molar-refractivity contribution is 5.81. The quantitative estimate of drug-likeness (QED) is 0.541. The molecule has 0 atom stereocenters. The number of hydrogen-bond acceptors (Lipinski definition) is 4. The lowest BCUT2D eigenvalue weighted by molar-refractivity contribution is -0.126. The summed E-state index contributed by atoms with van der Waals surface area (Å²) in [5, 5.41) is 4.47.